The van der Waals surface area contributed by atoms with E-state index < -0.39 is 17.0 Å². The van der Waals surface area contributed by atoms with Gasteiger partial charge in [0.25, 0.3) is 0 Å². The van der Waals surface area contributed by atoms with Crippen LogP contribution in [0.3, 0.4) is 0 Å². The van der Waals surface area contributed by atoms with Crippen LogP contribution in [-0.4, -0.2) is 10.9 Å². The second-order valence-corrected chi connectivity index (χ2v) is 7.55. The van der Waals surface area contributed by atoms with E-state index in [4.69, 9.17) is 8.83 Å². The van der Waals surface area contributed by atoms with Crippen LogP contribution in [-0.2, 0) is 10.2 Å². The Labute approximate surface area is 156 Å². The summed E-state index contributed by atoms with van der Waals surface area (Å²) >= 11 is 0. The SMILES string of the molecule is CCC1(C)C(=O)CC(c2c(O)c(C)c(C)oc2=O)c2c1oc(C)c(C)c2=O. The fraction of sp³-hybridized carbons (Fsp3) is 0.476. The second kappa shape index (κ2) is 6.22. The van der Waals surface area contributed by atoms with Crippen LogP contribution in [0.1, 0.15) is 72.1 Å². The summed E-state index contributed by atoms with van der Waals surface area (Å²) in [6.45, 7) is 10.2. The van der Waals surface area contributed by atoms with E-state index >= 15 is 0 Å². The number of carbonyl (C=O) groups excluding carboxylic acids is 1. The average molecular weight is 372 g/mol. The first-order valence-corrected chi connectivity index (χ1v) is 9.05. The number of ketones is 1. The molecule has 0 aromatic carbocycles. The average Bonchev–Trinajstić information content (AvgIpc) is 2.61. The van der Waals surface area contributed by atoms with E-state index in [1.165, 1.54) is 0 Å². The third-order valence-electron chi connectivity index (χ3n) is 6.13. The van der Waals surface area contributed by atoms with Crippen LogP contribution in [0.25, 0.3) is 0 Å². The Morgan fingerprint density at radius 1 is 1.00 bits per heavy atom. The molecule has 6 nitrogen and oxygen atoms in total. The van der Waals surface area contributed by atoms with Gasteiger partial charge in [-0.25, -0.2) is 4.79 Å². The minimum Gasteiger partial charge on any atom is -0.507 e. The summed E-state index contributed by atoms with van der Waals surface area (Å²) in [4.78, 5) is 38.7. The summed E-state index contributed by atoms with van der Waals surface area (Å²) in [6, 6.07) is 0. The largest absolute Gasteiger partial charge is 0.507 e. The highest BCUT2D eigenvalue weighted by Crippen LogP contribution is 2.45. The predicted octanol–water partition coefficient (Wildman–Crippen LogP) is 3.30. The molecule has 6 heteroatoms. The van der Waals surface area contributed by atoms with Crippen molar-refractivity contribution in [3.8, 4) is 5.75 Å². The number of hydrogen-bond donors (Lipinski definition) is 1. The molecule has 0 spiro atoms. The number of aryl methyl sites for hydroxylation is 2. The Morgan fingerprint density at radius 3 is 2.19 bits per heavy atom. The molecule has 27 heavy (non-hydrogen) atoms. The van der Waals surface area contributed by atoms with Crippen molar-refractivity contribution < 1.29 is 18.7 Å². The highest BCUT2D eigenvalue weighted by molar-refractivity contribution is 5.92. The molecular weight excluding hydrogens is 348 g/mol. The summed E-state index contributed by atoms with van der Waals surface area (Å²) in [5.74, 6) is -0.219. The fourth-order valence-corrected chi connectivity index (χ4v) is 3.76. The molecule has 1 aliphatic rings. The minimum absolute atomic E-state index is 0.0543. The van der Waals surface area contributed by atoms with Crippen LogP contribution < -0.4 is 11.1 Å². The van der Waals surface area contributed by atoms with Gasteiger partial charge in [-0.1, -0.05) is 6.92 Å². The lowest BCUT2D eigenvalue weighted by molar-refractivity contribution is -0.125. The maximum absolute atomic E-state index is 13.1. The molecule has 2 unspecified atom stereocenters. The van der Waals surface area contributed by atoms with Crippen LogP contribution in [0.15, 0.2) is 18.4 Å². The zero-order chi connectivity index (χ0) is 20.3. The summed E-state index contributed by atoms with van der Waals surface area (Å²) in [7, 11) is 0. The van der Waals surface area contributed by atoms with E-state index in [9.17, 15) is 19.5 Å². The standard InChI is InChI=1S/C21H24O6/c1-7-21(6)14(22)8-13(15-17(23)9(2)11(4)26-19(15)21)16-18(24)10(3)12(5)27-20(16)25/h13,24H,7-8H2,1-6H3. The fourth-order valence-electron chi connectivity index (χ4n) is 3.76. The van der Waals surface area contributed by atoms with Gasteiger partial charge < -0.3 is 13.9 Å². The number of Topliss-reactive ketones (excluding diaryl/α,β-unsaturated/α-hetero) is 1. The van der Waals surface area contributed by atoms with E-state index in [0.717, 1.165) is 0 Å². The van der Waals surface area contributed by atoms with Crippen molar-refractivity contribution in [2.75, 3.05) is 0 Å². The number of fused-ring (bicyclic) bond motifs is 1. The van der Waals surface area contributed by atoms with Crippen LogP contribution in [0, 0.1) is 27.7 Å². The molecule has 1 aliphatic carbocycles. The molecule has 2 heterocycles. The van der Waals surface area contributed by atoms with E-state index in [1.54, 1.807) is 34.6 Å². The van der Waals surface area contributed by atoms with Gasteiger partial charge >= 0.3 is 5.63 Å². The summed E-state index contributed by atoms with van der Waals surface area (Å²) < 4.78 is 11.2. The van der Waals surface area contributed by atoms with Crippen molar-refractivity contribution >= 4 is 5.78 Å². The molecule has 0 amide bonds. The van der Waals surface area contributed by atoms with Crippen molar-refractivity contribution in [3.63, 3.8) is 0 Å². The zero-order valence-electron chi connectivity index (χ0n) is 16.5. The van der Waals surface area contributed by atoms with Gasteiger partial charge in [0, 0.05) is 29.0 Å². The quantitative estimate of drug-likeness (QED) is 0.868. The van der Waals surface area contributed by atoms with Gasteiger partial charge in [0.15, 0.2) is 5.43 Å². The van der Waals surface area contributed by atoms with Crippen molar-refractivity contribution in [2.45, 2.75) is 65.7 Å². The summed E-state index contributed by atoms with van der Waals surface area (Å²) in [5, 5.41) is 10.6. The lowest BCUT2D eigenvalue weighted by Crippen LogP contribution is -2.42. The van der Waals surface area contributed by atoms with Crippen LogP contribution in [0.5, 0.6) is 5.75 Å². The Bertz CT molecular complexity index is 1070. The van der Waals surface area contributed by atoms with Gasteiger partial charge in [0.2, 0.25) is 0 Å². The van der Waals surface area contributed by atoms with Gasteiger partial charge in [-0.2, -0.15) is 0 Å². The second-order valence-electron chi connectivity index (χ2n) is 7.55. The Balaban J connectivity index is 2.44. The molecule has 0 aliphatic heterocycles. The summed E-state index contributed by atoms with van der Waals surface area (Å²) in [5.41, 5.74) is -0.886. The van der Waals surface area contributed by atoms with Crippen LogP contribution >= 0.6 is 0 Å². The van der Waals surface area contributed by atoms with Crippen molar-refractivity contribution in [1.29, 1.82) is 0 Å². The van der Waals surface area contributed by atoms with Crippen molar-refractivity contribution in [2.24, 2.45) is 0 Å². The molecule has 0 fully saturated rings. The maximum atomic E-state index is 13.1. The molecule has 2 aromatic heterocycles. The molecule has 144 valence electrons. The topological polar surface area (TPSA) is 97.7 Å². The van der Waals surface area contributed by atoms with E-state index in [2.05, 4.69) is 0 Å². The van der Waals surface area contributed by atoms with Gasteiger partial charge in [-0.15, -0.1) is 0 Å². The molecule has 2 atom stereocenters. The molecule has 0 bridgehead atoms. The first-order valence-electron chi connectivity index (χ1n) is 9.05. The third-order valence-corrected chi connectivity index (χ3v) is 6.13. The van der Waals surface area contributed by atoms with Gasteiger partial charge in [-0.3, -0.25) is 9.59 Å². The maximum Gasteiger partial charge on any atom is 0.343 e. The zero-order valence-corrected chi connectivity index (χ0v) is 16.5. The number of hydrogen-bond acceptors (Lipinski definition) is 6. The number of rotatable bonds is 2. The van der Waals surface area contributed by atoms with Gasteiger partial charge in [0.1, 0.15) is 28.8 Å². The number of aromatic hydroxyl groups is 1. The molecule has 3 rings (SSSR count). The highest BCUT2D eigenvalue weighted by atomic mass is 16.4. The van der Waals surface area contributed by atoms with Crippen molar-refractivity contribution in [1.82, 2.24) is 0 Å². The predicted molar refractivity (Wildman–Crippen MR) is 99.7 cm³/mol. The molecular formula is C21H24O6. The Hall–Kier alpha value is -2.63. The first kappa shape index (κ1) is 19.1. The Kier molecular flexibility index (Phi) is 4.41. The Morgan fingerprint density at radius 2 is 1.59 bits per heavy atom. The summed E-state index contributed by atoms with van der Waals surface area (Å²) in [6.07, 6.45) is 0.399. The molecule has 0 saturated heterocycles. The normalized spacial score (nSPS) is 22.0. The van der Waals surface area contributed by atoms with Gasteiger partial charge in [0.05, 0.1) is 11.0 Å². The van der Waals surface area contributed by atoms with Crippen LogP contribution in [0.4, 0.5) is 0 Å². The van der Waals surface area contributed by atoms with E-state index in [0.29, 0.717) is 29.1 Å². The molecule has 2 aromatic rings. The lowest BCUT2D eigenvalue weighted by atomic mass is 9.67. The molecule has 0 radical (unpaired) electrons. The minimum atomic E-state index is -0.945. The number of carbonyl (C=O) groups is 1. The van der Waals surface area contributed by atoms with Gasteiger partial charge in [-0.05, 0) is 41.0 Å². The first-order chi connectivity index (χ1) is 12.5. The van der Waals surface area contributed by atoms with E-state index in [-0.39, 0.29) is 40.3 Å². The van der Waals surface area contributed by atoms with E-state index in [1.807, 2.05) is 6.92 Å². The molecule has 1 N–H and O–H groups in total. The smallest absolute Gasteiger partial charge is 0.343 e. The monoisotopic (exact) mass is 372 g/mol. The highest BCUT2D eigenvalue weighted by Gasteiger charge is 2.48. The van der Waals surface area contributed by atoms with Crippen molar-refractivity contribution in [3.05, 3.63) is 60.2 Å². The lowest BCUT2D eigenvalue weighted by Gasteiger charge is -2.36. The molecule has 0 saturated carbocycles. The third kappa shape index (κ3) is 2.58. The van der Waals surface area contributed by atoms with Crippen LogP contribution in [0.2, 0.25) is 0 Å².